The molecule has 0 unspecified atom stereocenters. The number of alkyl halides is 3. The summed E-state index contributed by atoms with van der Waals surface area (Å²) in [5.41, 5.74) is 7.51. The predicted octanol–water partition coefficient (Wildman–Crippen LogP) is 3.70. The molecule has 2 nitrogen and oxygen atoms in total. The third-order valence-electron chi connectivity index (χ3n) is 2.92. The van der Waals surface area contributed by atoms with Crippen LogP contribution >= 0.6 is 0 Å². The molecule has 108 valence electrons. The van der Waals surface area contributed by atoms with Crippen molar-refractivity contribution in [2.75, 3.05) is 18.0 Å². The highest BCUT2D eigenvalue weighted by atomic mass is 19.4. The van der Waals surface area contributed by atoms with Gasteiger partial charge < -0.3 is 10.6 Å². The van der Waals surface area contributed by atoms with E-state index in [-0.39, 0.29) is 6.42 Å². The molecule has 1 rings (SSSR count). The van der Waals surface area contributed by atoms with Crippen molar-refractivity contribution in [1.82, 2.24) is 0 Å². The van der Waals surface area contributed by atoms with Gasteiger partial charge in [0.1, 0.15) is 0 Å². The maximum absolute atomic E-state index is 12.2. The number of benzene rings is 1. The van der Waals surface area contributed by atoms with Crippen molar-refractivity contribution in [3.05, 3.63) is 29.8 Å². The van der Waals surface area contributed by atoms with Gasteiger partial charge in [-0.25, -0.2) is 0 Å². The van der Waals surface area contributed by atoms with Gasteiger partial charge in [-0.15, -0.1) is 0 Å². The van der Waals surface area contributed by atoms with Crippen molar-refractivity contribution in [3.63, 3.8) is 0 Å². The fourth-order valence-corrected chi connectivity index (χ4v) is 1.95. The van der Waals surface area contributed by atoms with E-state index < -0.39 is 12.6 Å². The number of halogens is 3. The molecule has 0 heterocycles. The average molecular weight is 274 g/mol. The number of nitrogens with two attached hydrogens (primary N) is 1. The van der Waals surface area contributed by atoms with Crippen molar-refractivity contribution in [1.29, 1.82) is 0 Å². The number of anilines is 1. The van der Waals surface area contributed by atoms with E-state index >= 15 is 0 Å². The Balaban J connectivity index is 2.60. The Kier molecular flexibility index (Phi) is 6.15. The number of hydrogen-bond donors (Lipinski definition) is 1. The fourth-order valence-electron chi connectivity index (χ4n) is 1.95. The van der Waals surface area contributed by atoms with Crippen molar-refractivity contribution in [2.45, 2.75) is 38.9 Å². The summed E-state index contributed by atoms with van der Waals surface area (Å²) < 4.78 is 36.5. The maximum atomic E-state index is 12.2. The third kappa shape index (κ3) is 5.96. The highest BCUT2D eigenvalue weighted by Crippen LogP contribution is 2.23. The van der Waals surface area contributed by atoms with E-state index in [2.05, 4.69) is 0 Å². The zero-order valence-electron chi connectivity index (χ0n) is 11.2. The first-order valence-electron chi connectivity index (χ1n) is 6.57. The second-order valence-electron chi connectivity index (χ2n) is 4.58. The summed E-state index contributed by atoms with van der Waals surface area (Å²) in [5, 5.41) is 0. The lowest BCUT2D eigenvalue weighted by Gasteiger charge is -2.24. The van der Waals surface area contributed by atoms with Crippen molar-refractivity contribution >= 4 is 5.69 Å². The molecular weight excluding hydrogens is 253 g/mol. The first-order valence-corrected chi connectivity index (χ1v) is 6.57. The van der Waals surface area contributed by atoms with Crippen LogP contribution in [0.5, 0.6) is 0 Å². The monoisotopic (exact) mass is 274 g/mol. The summed E-state index contributed by atoms with van der Waals surface area (Å²) in [7, 11) is 0. The highest BCUT2D eigenvalue weighted by molar-refractivity contribution is 5.47. The fraction of sp³-hybridized carbons (Fsp3) is 0.571. The van der Waals surface area contributed by atoms with Crippen LogP contribution in [-0.4, -0.2) is 19.3 Å². The molecule has 0 atom stereocenters. The van der Waals surface area contributed by atoms with Gasteiger partial charge in [0.2, 0.25) is 0 Å². The van der Waals surface area contributed by atoms with Gasteiger partial charge >= 0.3 is 6.18 Å². The minimum atomic E-state index is -4.07. The van der Waals surface area contributed by atoms with Gasteiger partial charge in [-0.1, -0.05) is 19.1 Å². The second-order valence-corrected chi connectivity index (χ2v) is 4.58. The molecule has 0 saturated heterocycles. The molecule has 0 radical (unpaired) electrons. The Morgan fingerprint density at radius 3 is 2.21 bits per heavy atom. The van der Waals surface area contributed by atoms with Gasteiger partial charge in [-0.3, -0.25) is 0 Å². The largest absolute Gasteiger partial charge is 0.389 e. The van der Waals surface area contributed by atoms with Crippen LogP contribution in [0.25, 0.3) is 0 Å². The van der Waals surface area contributed by atoms with Crippen LogP contribution < -0.4 is 10.6 Å². The van der Waals surface area contributed by atoms with E-state index in [0.29, 0.717) is 13.1 Å². The minimum Gasteiger partial charge on any atom is -0.372 e. The topological polar surface area (TPSA) is 29.3 Å². The first kappa shape index (κ1) is 15.8. The SMILES string of the molecule is CCCN(CCCC(F)(F)F)c1ccc(CN)cc1. The molecule has 5 heteroatoms. The van der Waals surface area contributed by atoms with Gasteiger partial charge in [0.05, 0.1) is 0 Å². The Hall–Kier alpha value is -1.23. The lowest BCUT2D eigenvalue weighted by atomic mass is 10.2. The molecule has 0 bridgehead atoms. The summed E-state index contributed by atoms with van der Waals surface area (Å²) in [5.74, 6) is 0. The highest BCUT2D eigenvalue weighted by Gasteiger charge is 2.26. The van der Waals surface area contributed by atoms with Crippen LogP contribution in [0.1, 0.15) is 31.7 Å². The third-order valence-corrected chi connectivity index (χ3v) is 2.92. The maximum Gasteiger partial charge on any atom is 0.389 e. The number of rotatable bonds is 7. The first-order chi connectivity index (χ1) is 8.96. The van der Waals surface area contributed by atoms with Crippen LogP contribution in [0.3, 0.4) is 0 Å². The van der Waals surface area contributed by atoms with E-state index in [1.54, 1.807) is 0 Å². The van der Waals surface area contributed by atoms with Crippen molar-refractivity contribution in [3.8, 4) is 0 Å². The molecule has 19 heavy (non-hydrogen) atoms. The zero-order chi connectivity index (χ0) is 14.3. The normalized spacial score (nSPS) is 11.6. The van der Waals surface area contributed by atoms with Crippen molar-refractivity contribution < 1.29 is 13.2 Å². The standard InChI is InChI=1S/C14H21F3N2/c1-2-9-19(10-3-8-14(15,16)17)13-6-4-12(11-18)5-7-13/h4-7H,2-3,8-11,18H2,1H3. The molecule has 0 aliphatic rings. The predicted molar refractivity (Wildman–Crippen MR) is 72.1 cm³/mol. The van der Waals surface area contributed by atoms with Crippen LogP contribution in [-0.2, 0) is 6.54 Å². The number of nitrogens with zero attached hydrogens (tertiary/aromatic N) is 1. The lowest BCUT2D eigenvalue weighted by Crippen LogP contribution is -2.26. The molecule has 0 aliphatic heterocycles. The van der Waals surface area contributed by atoms with Gasteiger partial charge in [-0.2, -0.15) is 13.2 Å². The minimum absolute atomic E-state index is 0.127. The molecule has 0 fully saturated rings. The molecule has 0 aromatic heterocycles. The quantitative estimate of drug-likeness (QED) is 0.821. The van der Waals surface area contributed by atoms with Gasteiger partial charge in [0, 0.05) is 31.7 Å². The van der Waals surface area contributed by atoms with E-state index in [1.807, 2.05) is 36.1 Å². The summed E-state index contributed by atoms with van der Waals surface area (Å²) in [6.07, 6.45) is -3.76. The Labute approximate surface area is 112 Å². The van der Waals surface area contributed by atoms with Gasteiger partial charge in [0.25, 0.3) is 0 Å². The molecular formula is C14H21F3N2. The molecule has 0 aliphatic carbocycles. The van der Waals surface area contributed by atoms with E-state index in [9.17, 15) is 13.2 Å². The summed E-state index contributed by atoms with van der Waals surface area (Å²) in [6.45, 7) is 3.68. The second kappa shape index (κ2) is 7.38. The summed E-state index contributed by atoms with van der Waals surface area (Å²) in [4.78, 5) is 1.99. The van der Waals surface area contributed by atoms with Crippen LogP contribution in [0.2, 0.25) is 0 Å². The zero-order valence-corrected chi connectivity index (χ0v) is 11.2. The van der Waals surface area contributed by atoms with Crippen LogP contribution in [0.4, 0.5) is 18.9 Å². The molecule has 1 aromatic carbocycles. The molecule has 0 amide bonds. The van der Waals surface area contributed by atoms with Crippen LogP contribution in [0.15, 0.2) is 24.3 Å². The smallest absolute Gasteiger partial charge is 0.372 e. The van der Waals surface area contributed by atoms with E-state index in [0.717, 1.165) is 24.2 Å². The molecule has 0 saturated carbocycles. The molecule has 2 N–H and O–H groups in total. The van der Waals surface area contributed by atoms with E-state index in [1.165, 1.54) is 0 Å². The summed E-state index contributed by atoms with van der Waals surface area (Å²) >= 11 is 0. The summed E-state index contributed by atoms with van der Waals surface area (Å²) in [6, 6.07) is 7.68. The van der Waals surface area contributed by atoms with Crippen LogP contribution in [0, 0.1) is 0 Å². The van der Waals surface area contributed by atoms with E-state index in [4.69, 9.17) is 5.73 Å². The van der Waals surface area contributed by atoms with Gasteiger partial charge in [0.15, 0.2) is 0 Å². The van der Waals surface area contributed by atoms with Gasteiger partial charge in [-0.05, 0) is 30.5 Å². The molecule has 0 spiro atoms. The number of hydrogen-bond acceptors (Lipinski definition) is 2. The Morgan fingerprint density at radius 1 is 1.11 bits per heavy atom. The lowest BCUT2D eigenvalue weighted by molar-refractivity contribution is -0.135. The Morgan fingerprint density at radius 2 is 1.74 bits per heavy atom. The Bertz CT molecular complexity index is 360. The van der Waals surface area contributed by atoms with Crippen molar-refractivity contribution in [2.24, 2.45) is 5.73 Å². The molecule has 1 aromatic rings. The average Bonchev–Trinajstić information content (AvgIpc) is 2.36.